The fourth-order valence-electron chi connectivity index (χ4n) is 1.31. The fourth-order valence-corrected chi connectivity index (χ4v) is 1.37. The number of aryl methyl sites for hydroxylation is 1. The lowest BCUT2D eigenvalue weighted by atomic mass is 10.1. The van der Waals surface area contributed by atoms with E-state index in [2.05, 4.69) is 4.99 Å². The van der Waals surface area contributed by atoms with E-state index in [0.29, 0.717) is 11.5 Å². The van der Waals surface area contributed by atoms with Crippen LogP contribution in [0, 0.1) is 6.92 Å². The zero-order valence-corrected chi connectivity index (χ0v) is 9.66. The van der Waals surface area contributed by atoms with Crippen LogP contribution in [-0.2, 0) is 11.2 Å². The Balaban J connectivity index is 2.95. The molecule has 0 fully saturated rings. The van der Waals surface area contributed by atoms with Crippen LogP contribution in [-0.4, -0.2) is 22.8 Å². The highest BCUT2D eigenvalue weighted by molar-refractivity contribution is 6.28. The van der Waals surface area contributed by atoms with Crippen molar-refractivity contribution >= 4 is 29.1 Å². The number of carboxylic acids is 1. The molecule has 1 aromatic rings. The Kier molecular flexibility index (Phi) is 4.31. The lowest BCUT2D eigenvalue weighted by Crippen LogP contribution is -2.12. The molecule has 1 rings (SSSR count). The monoisotopic (exact) mass is 240 g/mol. The minimum Gasteiger partial charge on any atom is -0.481 e. The number of hydrogen-bond acceptors (Lipinski definition) is 2. The highest BCUT2D eigenvalue weighted by atomic mass is 35.5. The second-order valence-corrected chi connectivity index (χ2v) is 3.69. The summed E-state index contributed by atoms with van der Waals surface area (Å²) in [5, 5.41) is 8.68. The first kappa shape index (κ1) is 12.5. The summed E-state index contributed by atoms with van der Waals surface area (Å²) in [6.45, 7) is 1.84. The van der Waals surface area contributed by atoms with E-state index in [0.717, 1.165) is 11.1 Å². The van der Waals surface area contributed by atoms with Crippen LogP contribution in [0.25, 0.3) is 0 Å². The summed E-state index contributed by atoms with van der Waals surface area (Å²) in [4.78, 5) is 14.6. The molecule has 0 unspecified atom stereocenters. The van der Waals surface area contributed by atoms with Crippen molar-refractivity contribution in [3.63, 3.8) is 0 Å². The van der Waals surface area contributed by atoms with Crippen LogP contribution in [0.2, 0.25) is 0 Å². The second-order valence-electron chi connectivity index (χ2n) is 3.42. The van der Waals surface area contributed by atoms with Crippen LogP contribution in [0.5, 0.6) is 0 Å². The van der Waals surface area contributed by atoms with Gasteiger partial charge in [-0.1, -0.05) is 6.07 Å². The molecule has 0 aliphatic rings. The van der Waals surface area contributed by atoms with E-state index in [4.69, 9.17) is 22.4 Å². The summed E-state index contributed by atoms with van der Waals surface area (Å²) >= 11 is 5.51. The predicted molar refractivity (Wildman–Crippen MR) is 64.5 cm³/mol. The Morgan fingerprint density at radius 1 is 1.56 bits per heavy atom. The number of halogens is 1. The molecule has 0 bridgehead atoms. The second kappa shape index (κ2) is 5.51. The quantitative estimate of drug-likeness (QED) is 0.479. The number of hydrogen-bond donors (Lipinski definition) is 2. The Labute approximate surface area is 98.8 Å². The van der Waals surface area contributed by atoms with Crippen LogP contribution in [0.4, 0.5) is 5.69 Å². The first-order valence-electron chi connectivity index (χ1n) is 4.73. The lowest BCUT2D eigenvalue weighted by Gasteiger charge is -2.04. The SMILES string of the molecule is Cc1cc(N=C(N)CCl)ccc1CC(=O)O. The predicted octanol–water partition coefficient (Wildman–Crippen LogP) is 1.85. The largest absolute Gasteiger partial charge is 0.481 e. The standard InChI is InChI=1S/C11H13ClN2O2/c1-7-4-9(14-10(13)6-12)3-2-8(7)5-11(15)16/h2-4H,5-6H2,1H3,(H2,13,14)(H,15,16). The van der Waals surface area contributed by atoms with Gasteiger partial charge in [-0.3, -0.25) is 4.79 Å². The first-order valence-corrected chi connectivity index (χ1v) is 5.26. The summed E-state index contributed by atoms with van der Waals surface area (Å²) in [5.74, 6) is -0.331. The number of nitrogens with two attached hydrogens (primary N) is 1. The van der Waals surface area contributed by atoms with Crippen LogP contribution in [0.1, 0.15) is 11.1 Å². The molecule has 0 aliphatic carbocycles. The molecule has 0 saturated carbocycles. The number of amidine groups is 1. The van der Waals surface area contributed by atoms with Gasteiger partial charge in [0.2, 0.25) is 0 Å². The average Bonchev–Trinajstić information content (AvgIpc) is 2.21. The van der Waals surface area contributed by atoms with Crippen LogP contribution >= 0.6 is 11.6 Å². The maximum atomic E-state index is 10.6. The summed E-state index contributed by atoms with van der Waals surface area (Å²) in [6, 6.07) is 5.26. The maximum Gasteiger partial charge on any atom is 0.307 e. The number of benzene rings is 1. The molecule has 0 spiro atoms. The van der Waals surface area contributed by atoms with Gasteiger partial charge in [0.25, 0.3) is 0 Å². The van der Waals surface area contributed by atoms with E-state index >= 15 is 0 Å². The van der Waals surface area contributed by atoms with E-state index in [9.17, 15) is 4.79 Å². The Morgan fingerprint density at radius 2 is 2.25 bits per heavy atom. The van der Waals surface area contributed by atoms with E-state index < -0.39 is 5.97 Å². The molecule has 0 amide bonds. The number of aliphatic carboxylic acids is 1. The van der Waals surface area contributed by atoms with Crippen molar-refractivity contribution in [1.82, 2.24) is 0 Å². The van der Waals surface area contributed by atoms with Crippen molar-refractivity contribution in [2.75, 3.05) is 5.88 Å². The Morgan fingerprint density at radius 3 is 2.75 bits per heavy atom. The van der Waals surface area contributed by atoms with Crippen molar-refractivity contribution in [2.45, 2.75) is 13.3 Å². The molecule has 4 nitrogen and oxygen atoms in total. The molecule has 86 valence electrons. The van der Waals surface area contributed by atoms with Crippen molar-refractivity contribution < 1.29 is 9.90 Å². The summed E-state index contributed by atoms with van der Waals surface area (Å²) < 4.78 is 0. The third-order valence-electron chi connectivity index (χ3n) is 2.08. The average molecular weight is 241 g/mol. The zero-order valence-electron chi connectivity index (χ0n) is 8.90. The number of carbonyl (C=O) groups is 1. The molecular formula is C11H13ClN2O2. The fraction of sp³-hybridized carbons (Fsp3) is 0.273. The molecule has 0 aliphatic heterocycles. The number of aliphatic imine (C=N–C) groups is 1. The molecule has 0 atom stereocenters. The van der Waals surface area contributed by atoms with Gasteiger partial charge < -0.3 is 10.8 Å². The van der Waals surface area contributed by atoms with Crippen LogP contribution in [0.3, 0.4) is 0 Å². The van der Waals surface area contributed by atoms with Crippen molar-refractivity contribution in [1.29, 1.82) is 0 Å². The Bertz CT molecular complexity index is 430. The van der Waals surface area contributed by atoms with Gasteiger partial charge in [0.1, 0.15) is 5.84 Å². The Hall–Kier alpha value is -1.55. The van der Waals surface area contributed by atoms with Crippen molar-refractivity contribution in [2.24, 2.45) is 10.7 Å². The summed E-state index contributed by atoms with van der Waals surface area (Å²) in [7, 11) is 0. The smallest absolute Gasteiger partial charge is 0.307 e. The molecule has 5 heteroatoms. The molecule has 0 saturated heterocycles. The van der Waals surface area contributed by atoms with Gasteiger partial charge in [0.05, 0.1) is 18.0 Å². The molecule has 0 radical (unpaired) electrons. The van der Waals surface area contributed by atoms with Gasteiger partial charge in [0.15, 0.2) is 0 Å². The van der Waals surface area contributed by atoms with Crippen LogP contribution < -0.4 is 5.73 Å². The van der Waals surface area contributed by atoms with Crippen molar-refractivity contribution in [3.05, 3.63) is 29.3 Å². The topological polar surface area (TPSA) is 75.7 Å². The molecule has 0 aromatic heterocycles. The molecular weight excluding hydrogens is 228 g/mol. The van der Waals surface area contributed by atoms with Crippen molar-refractivity contribution in [3.8, 4) is 0 Å². The number of alkyl halides is 1. The van der Waals surface area contributed by atoms with E-state index in [1.807, 2.05) is 6.92 Å². The van der Waals surface area contributed by atoms with Gasteiger partial charge in [-0.05, 0) is 30.2 Å². The number of rotatable bonds is 4. The van der Waals surface area contributed by atoms with Gasteiger partial charge in [-0.2, -0.15) is 0 Å². The highest BCUT2D eigenvalue weighted by Crippen LogP contribution is 2.18. The van der Waals surface area contributed by atoms with Crippen LogP contribution in [0.15, 0.2) is 23.2 Å². The molecule has 3 N–H and O–H groups in total. The van der Waals surface area contributed by atoms with Gasteiger partial charge in [-0.15, -0.1) is 11.6 Å². The number of carboxylic acid groups (broad SMARTS) is 1. The maximum absolute atomic E-state index is 10.6. The van der Waals surface area contributed by atoms with Gasteiger partial charge in [0, 0.05) is 0 Å². The van der Waals surface area contributed by atoms with Gasteiger partial charge >= 0.3 is 5.97 Å². The third kappa shape index (κ3) is 3.55. The first-order chi connectivity index (χ1) is 7.52. The molecule has 0 heterocycles. The minimum absolute atomic E-state index is 0.0147. The molecule has 1 aromatic carbocycles. The summed E-state index contributed by atoms with van der Waals surface area (Å²) in [5.41, 5.74) is 7.84. The normalized spacial score (nSPS) is 11.5. The summed E-state index contributed by atoms with van der Waals surface area (Å²) in [6.07, 6.45) is 0.0147. The lowest BCUT2D eigenvalue weighted by molar-refractivity contribution is -0.136. The highest BCUT2D eigenvalue weighted by Gasteiger charge is 2.04. The zero-order chi connectivity index (χ0) is 12.1. The minimum atomic E-state index is -0.848. The number of nitrogens with zero attached hydrogens (tertiary/aromatic N) is 1. The van der Waals surface area contributed by atoms with Gasteiger partial charge in [-0.25, -0.2) is 4.99 Å². The van der Waals surface area contributed by atoms with E-state index in [1.54, 1.807) is 18.2 Å². The molecule has 16 heavy (non-hydrogen) atoms. The van der Waals surface area contributed by atoms with E-state index in [1.165, 1.54) is 0 Å². The van der Waals surface area contributed by atoms with E-state index in [-0.39, 0.29) is 12.3 Å². The third-order valence-corrected chi connectivity index (χ3v) is 2.35.